The van der Waals surface area contributed by atoms with E-state index in [1.165, 1.54) is 11.1 Å². The summed E-state index contributed by atoms with van der Waals surface area (Å²) in [6, 6.07) is 9.41. The van der Waals surface area contributed by atoms with Crippen molar-refractivity contribution in [3.8, 4) is 0 Å². The maximum atomic E-state index is 10.6. The van der Waals surface area contributed by atoms with Crippen molar-refractivity contribution in [2.24, 2.45) is 17.8 Å². The van der Waals surface area contributed by atoms with Crippen molar-refractivity contribution in [2.45, 2.75) is 84.6 Å². The topological polar surface area (TPSA) is 52.9 Å². The Hall–Kier alpha value is -1.46. The van der Waals surface area contributed by atoms with Crippen molar-refractivity contribution >= 4 is 0 Å². The molecule has 1 aromatic carbocycles. The van der Waals surface area contributed by atoms with Crippen molar-refractivity contribution in [3.05, 3.63) is 59.2 Å². The number of rotatable bonds is 12. The van der Waals surface area contributed by atoms with E-state index in [0.717, 1.165) is 38.0 Å². The lowest BCUT2D eigenvalue weighted by atomic mass is 9.89. The van der Waals surface area contributed by atoms with Crippen molar-refractivity contribution < 1.29 is 14.9 Å². The minimum Gasteiger partial charge on any atom is -0.392 e. The van der Waals surface area contributed by atoms with E-state index in [4.69, 9.17) is 4.74 Å². The van der Waals surface area contributed by atoms with Gasteiger partial charge in [0.2, 0.25) is 0 Å². The summed E-state index contributed by atoms with van der Waals surface area (Å²) in [7, 11) is 0. The van der Waals surface area contributed by atoms with Gasteiger partial charge in [0.15, 0.2) is 0 Å². The van der Waals surface area contributed by atoms with Crippen molar-refractivity contribution in [1.29, 1.82) is 0 Å². The standard InChI is InChI=1S/C29H45NO3/c1-20(2)30(21(3)4)12-7-13-33-19-24-15-25-18-29(32)27(28(25)17-24)11-10-26(31)16-23-9-6-8-22(5)14-23/h6,8-11,14-15,20-21,25-29,31-32H,7,12-13,16-19H2,1-5H3/b11-10+/t25-,26-,27+,28-,29+/m0/s1. The van der Waals surface area contributed by atoms with Gasteiger partial charge in [0, 0.05) is 37.6 Å². The second-order valence-electron chi connectivity index (χ2n) is 10.7. The van der Waals surface area contributed by atoms with E-state index in [1.807, 2.05) is 12.1 Å². The second-order valence-corrected chi connectivity index (χ2v) is 10.7. The van der Waals surface area contributed by atoms with Gasteiger partial charge in [0.05, 0.1) is 18.8 Å². The molecular formula is C29H45NO3. The first-order chi connectivity index (χ1) is 15.7. The molecule has 0 heterocycles. The molecular weight excluding hydrogens is 410 g/mol. The van der Waals surface area contributed by atoms with E-state index in [-0.39, 0.29) is 12.0 Å². The number of hydrogen-bond donors (Lipinski definition) is 2. The van der Waals surface area contributed by atoms with Crippen LogP contribution in [0.3, 0.4) is 0 Å². The van der Waals surface area contributed by atoms with Gasteiger partial charge in [-0.1, -0.05) is 48.1 Å². The number of allylic oxidation sites excluding steroid dienone is 1. The number of fused-ring (bicyclic) bond motifs is 1. The predicted octanol–water partition coefficient (Wildman–Crippen LogP) is 4.92. The summed E-state index contributed by atoms with van der Waals surface area (Å²) >= 11 is 0. The van der Waals surface area contributed by atoms with Crippen LogP contribution in [0.2, 0.25) is 0 Å². The molecule has 0 unspecified atom stereocenters. The van der Waals surface area contributed by atoms with Gasteiger partial charge in [0.25, 0.3) is 0 Å². The minimum absolute atomic E-state index is 0.113. The monoisotopic (exact) mass is 455 g/mol. The van der Waals surface area contributed by atoms with Crippen molar-refractivity contribution in [1.82, 2.24) is 4.90 Å². The highest BCUT2D eigenvalue weighted by Crippen LogP contribution is 2.47. The quantitative estimate of drug-likeness (QED) is 0.347. The molecule has 5 atom stereocenters. The minimum atomic E-state index is -0.522. The summed E-state index contributed by atoms with van der Waals surface area (Å²) in [5.74, 6) is 0.972. The van der Waals surface area contributed by atoms with E-state index in [0.29, 0.717) is 36.9 Å². The van der Waals surface area contributed by atoms with E-state index < -0.39 is 6.10 Å². The fourth-order valence-electron chi connectivity index (χ4n) is 5.78. The number of nitrogens with zero attached hydrogens (tertiary/aromatic N) is 1. The van der Waals surface area contributed by atoms with E-state index in [9.17, 15) is 10.2 Å². The highest BCUT2D eigenvalue weighted by Gasteiger charge is 2.43. The van der Waals surface area contributed by atoms with Crippen LogP contribution in [-0.2, 0) is 11.2 Å². The SMILES string of the molecule is Cc1cccc(C[C@@H](O)/C=C/[C@@H]2[C@H]3CC(COCCCN(C(C)C)C(C)C)=C[C@H]3C[C@H]2O)c1. The summed E-state index contributed by atoms with van der Waals surface area (Å²) in [5.41, 5.74) is 3.73. The average molecular weight is 456 g/mol. The summed E-state index contributed by atoms with van der Waals surface area (Å²) in [6.07, 6.45) is 8.94. The van der Waals surface area contributed by atoms with Crippen LogP contribution < -0.4 is 0 Å². The van der Waals surface area contributed by atoms with E-state index >= 15 is 0 Å². The van der Waals surface area contributed by atoms with Gasteiger partial charge in [-0.2, -0.15) is 0 Å². The molecule has 0 bridgehead atoms. The third kappa shape index (κ3) is 7.51. The molecule has 3 rings (SSSR count). The first kappa shape index (κ1) is 26.2. The summed E-state index contributed by atoms with van der Waals surface area (Å²) in [6.45, 7) is 13.7. The Morgan fingerprint density at radius 2 is 1.94 bits per heavy atom. The van der Waals surface area contributed by atoms with Gasteiger partial charge in [-0.15, -0.1) is 0 Å². The van der Waals surface area contributed by atoms with E-state index in [2.05, 4.69) is 69.9 Å². The molecule has 33 heavy (non-hydrogen) atoms. The molecule has 0 radical (unpaired) electrons. The molecule has 4 nitrogen and oxygen atoms in total. The molecule has 0 aliphatic heterocycles. The summed E-state index contributed by atoms with van der Waals surface area (Å²) in [5, 5.41) is 21.1. The molecule has 0 amide bonds. The Labute approximate surface area is 201 Å². The molecule has 1 aromatic rings. The molecule has 4 heteroatoms. The number of ether oxygens (including phenoxy) is 1. The zero-order chi connectivity index (χ0) is 24.0. The van der Waals surface area contributed by atoms with Crippen LogP contribution >= 0.6 is 0 Å². The third-order valence-electron chi connectivity index (χ3n) is 7.35. The largest absolute Gasteiger partial charge is 0.392 e. The summed E-state index contributed by atoms with van der Waals surface area (Å²) < 4.78 is 6.01. The lowest BCUT2D eigenvalue weighted by Crippen LogP contribution is -2.38. The van der Waals surface area contributed by atoms with Gasteiger partial charge in [0.1, 0.15) is 0 Å². The lowest BCUT2D eigenvalue weighted by molar-refractivity contribution is 0.115. The van der Waals surface area contributed by atoms with Crippen LogP contribution in [-0.4, -0.2) is 59.2 Å². The third-order valence-corrected chi connectivity index (χ3v) is 7.35. The van der Waals surface area contributed by atoms with Crippen LogP contribution in [0.25, 0.3) is 0 Å². The number of aliphatic hydroxyl groups is 2. The summed E-state index contributed by atoms with van der Waals surface area (Å²) in [4.78, 5) is 2.51. The number of hydrogen-bond acceptors (Lipinski definition) is 4. The van der Waals surface area contributed by atoms with Crippen molar-refractivity contribution in [2.75, 3.05) is 19.8 Å². The Balaban J connectivity index is 1.43. The number of aliphatic hydroxyl groups excluding tert-OH is 2. The molecule has 0 spiro atoms. The van der Waals surface area contributed by atoms with Gasteiger partial charge >= 0.3 is 0 Å². The highest BCUT2D eigenvalue weighted by molar-refractivity contribution is 5.24. The molecule has 2 aliphatic rings. The Morgan fingerprint density at radius 1 is 1.18 bits per heavy atom. The number of benzene rings is 1. The van der Waals surface area contributed by atoms with E-state index in [1.54, 1.807) is 0 Å². The van der Waals surface area contributed by atoms with Crippen LogP contribution in [0.4, 0.5) is 0 Å². The molecule has 2 N–H and O–H groups in total. The zero-order valence-electron chi connectivity index (χ0n) is 21.3. The zero-order valence-corrected chi connectivity index (χ0v) is 21.3. The van der Waals surface area contributed by atoms with Gasteiger partial charge < -0.3 is 14.9 Å². The first-order valence-corrected chi connectivity index (χ1v) is 12.9. The van der Waals surface area contributed by atoms with Crippen LogP contribution in [0.15, 0.2) is 48.1 Å². The van der Waals surface area contributed by atoms with Gasteiger partial charge in [-0.25, -0.2) is 0 Å². The fraction of sp³-hybridized carbons (Fsp3) is 0.655. The normalized spacial score (nSPS) is 26.1. The van der Waals surface area contributed by atoms with Gasteiger partial charge in [-0.05, 0) is 76.9 Å². The van der Waals surface area contributed by atoms with Gasteiger partial charge in [-0.3, -0.25) is 4.90 Å². The fourth-order valence-corrected chi connectivity index (χ4v) is 5.78. The highest BCUT2D eigenvalue weighted by atomic mass is 16.5. The molecule has 1 saturated carbocycles. The maximum absolute atomic E-state index is 10.6. The second kappa shape index (κ2) is 12.3. The molecule has 0 saturated heterocycles. The molecule has 2 aliphatic carbocycles. The Bertz CT molecular complexity index is 792. The predicted molar refractivity (Wildman–Crippen MR) is 136 cm³/mol. The van der Waals surface area contributed by atoms with Crippen LogP contribution in [0.1, 0.15) is 58.1 Å². The molecule has 0 aromatic heterocycles. The lowest BCUT2D eigenvalue weighted by Gasteiger charge is -2.30. The Morgan fingerprint density at radius 3 is 2.64 bits per heavy atom. The van der Waals surface area contributed by atoms with Crippen molar-refractivity contribution in [3.63, 3.8) is 0 Å². The first-order valence-electron chi connectivity index (χ1n) is 12.9. The number of aryl methyl sites for hydroxylation is 1. The maximum Gasteiger partial charge on any atom is 0.0761 e. The Kier molecular flexibility index (Phi) is 9.75. The average Bonchev–Trinajstić information content (AvgIpc) is 3.24. The van der Waals surface area contributed by atoms with Crippen LogP contribution in [0, 0.1) is 24.7 Å². The smallest absolute Gasteiger partial charge is 0.0761 e. The molecule has 1 fully saturated rings. The van der Waals surface area contributed by atoms with Crippen LogP contribution in [0.5, 0.6) is 0 Å². The molecule has 184 valence electrons.